The van der Waals surface area contributed by atoms with Gasteiger partial charge in [0.25, 0.3) is 0 Å². The summed E-state index contributed by atoms with van der Waals surface area (Å²) < 4.78 is 0. The normalized spacial score (nSPS) is 19.1. The average Bonchev–Trinajstić information content (AvgIpc) is 2.03. The predicted molar refractivity (Wildman–Crippen MR) is 48.0 cm³/mol. The van der Waals surface area contributed by atoms with Crippen molar-refractivity contribution in [3.8, 4) is 0 Å². The van der Waals surface area contributed by atoms with Gasteiger partial charge in [0.05, 0.1) is 0 Å². The first kappa shape index (κ1) is 9.32. The van der Waals surface area contributed by atoms with Gasteiger partial charge in [-0.05, 0) is 12.5 Å². The molecule has 0 unspecified atom stereocenters. The quantitative estimate of drug-likeness (QED) is 0.556. The van der Waals surface area contributed by atoms with Crippen molar-refractivity contribution in [1.29, 1.82) is 0 Å². The fraction of sp³-hybridized carbons (Fsp3) is 0.875. The minimum atomic E-state index is -0.0578. The molecule has 1 heterocycles. The molecule has 0 aromatic carbocycles. The van der Waals surface area contributed by atoms with Crippen molar-refractivity contribution in [2.75, 3.05) is 19.6 Å². The van der Waals surface area contributed by atoms with Gasteiger partial charge >= 0.3 is 6.03 Å². The Hall–Kier alpha value is -0.770. The minimum Gasteiger partial charge on any atom is -0.337 e. The number of carbonyl (C=O) groups excluding carboxylic acids is 1. The fourth-order valence-corrected chi connectivity index (χ4v) is 1.11. The van der Waals surface area contributed by atoms with Gasteiger partial charge in [-0.3, -0.25) is 0 Å². The van der Waals surface area contributed by atoms with E-state index in [4.69, 9.17) is 0 Å². The molecule has 70 valence electrons. The van der Waals surface area contributed by atoms with Gasteiger partial charge in [-0.25, -0.2) is 4.79 Å². The van der Waals surface area contributed by atoms with Crippen molar-refractivity contribution < 1.29 is 4.79 Å². The Bertz CT molecular complexity index is 148. The average molecular weight is 171 g/mol. The predicted octanol–water partition coefficient (Wildman–Crippen LogP) is -0.0866. The maximum absolute atomic E-state index is 10.7. The molecule has 1 aliphatic heterocycles. The van der Waals surface area contributed by atoms with Crippen molar-refractivity contribution >= 4 is 6.03 Å². The highest BCUT2D eigenvalue weighted by Gasteiger charge is 2.15. The van der Waals surface area contributed by atoms with E-state index < -0.39 is 0 Å². The highest BCUT2D eigenvalue weighted by atomic mass is 16.2. The second-order valence-electron chi connectivity index (χ2n) is 3.59. The Morgan fingerprint density at radius 3 is 2.58 bits per heavy atom. The molecule has 0 aliphatic carbocycles. The van der Waals surface area contributed by atoms with Crippen LogP contribution in [0.1, 0.15) is 13.8 Å². The van der Waals surface area contributed by atoms with E-state index in [1.165, 1.54) is 0 Å². The Morgan fingerprint density at radius 2 is 2.08 bits per heavy atom. The van der Waals surface area contributed by atoms with E-state index >= 15 is 0 Å². The van der Waals surface area contributed by atoms with Crippen LogP contribution >= 0.6 is 0 Å². The smallest absolute Gasteiger partial charge is 0.314 e. The Balaban J connectivity index is 2.13. The van der Waals surface area contributed by atoms with E-state index in [0.717, 1.165) is 19.6 Å². The number of amides is 2. The van der Waals surface area contributed by atoms with Crippen LogP contribution in [0.5, 0.6) is 0 Å². The van der Waals surface area contributed by atoms with E-state index in [-0.39, 0.29) is 6.03 Å². The van der Waals surface area contributed by atoms with Gasteiger partial charge in [0.15, 0.2) is 0 Å². The Kier molecular flexibility index (Phi) is 3.34. The zero-order valence-corrected chi connectivity index (χ0v) is 7.68. The third-order valence-corrected chi connectivity index (χ3v) is 1.83. The number of hydrogen-bond acceptors (Lipinski definition) is 2. The van der Waals surface area contributed by atoms with Crippen molar-refractivity contribution in [3.05, 3.63) is 0 Å². The van der Waals surface area contributed by atoms with E-state index in [1.807, 2.05) is 0 Å². The summed E-state index contributed by atoms with van der Waals surface area (Å²) in [6, 6.07) is 0.322. The lowest BCUT2D eigenvalue weighted by Crippen LogP contribution is -2.56. The van der Waals surface area contributed by atoms with Gasteiger partial charge in [-0.15, -0.1) is 0 Å². The van der Waals surface area contributed by atoms with Crippen molar-refractivity contribution in [3.63, 3.8) is 0 Å². The van der Waals surface area contributed by atoms with Gasteiger partial charge in [-0.2, -0.15) is 0 Å². The van der Waals surface area contributed by atoms with Crippen LogP contribution in [-0.4, -0.2) is 31.7 Å². The fourth-order valence-electron chi connectivity index (χ4n) is 1.11. The summed E-state index contributed by atoms with van der Waals surface area (Å²) in [7, 11) is 0. The molecule has 0 atom stereocenters. The molecule has 0 radical (unpaired) electrons. The second kappa shape index (κ2) is 4.30. The molecule has 1 aliphatic rings. The van der Waals surface area contributed by atoms with E-state index in [9.17, 15) is 4.79 Å². The topological polar surface area (TPSA) is 53.2 Å². The molecule has 4 nitrogen and oxygen atoms in total. The molecule has 2 amide bonds. The lowest BCUT2D eigenvalue weighted by molar-refractivity contribution is 0.231. The Labute approximate surface area is 73.1 Å². The monoisotopic (exact) mass is 171 g/mol. The molecular formula is C8H17N3O. The summed E-state index contributed by atoms with van der Waals surface area (Å²) in [6.07, 6.45) is 0. The number of urea groups is 1. The molecular weight excluding hydrogens is 154 g/mol. The summed E-state index contributed by atoms with van der Waals surface area (Å²) in [6.45, 7) is 6.81. The number of nitrogens with one attached hydrogen (secondary N) is 3. The summed E-state index contributed by atoms with van der Waals surface area (Å²) in [5.41, 5.74) is 0. The third kappa shape index (κ3) is 3.09. The maximum atomic E-state index is 10.7. The highest BCUT2D eigenvalue weighted by Crippen LogP contribution is 1.91. The van der Waals surface area contributed by atoms with E-state index in [1.54, 1.807) is 0 Å². The standard InChI is InChI=1S/C8H17N3O/c1-6(2)3-9-7-4-10-8(12)11-5-7/h6-7,9H,3-5H2,1-2H3,(H2,10,11,12). The summed E-state index contributed by atoms with van der Waals surface area (Å²) >= 11 is 0. The Morgan fingerprint density at radius 1 is 1.50 bits per heavy atom. The van der Waals surface area contributed by atoms with Gasteiger partial charge < -0.3 is 16.0 Å². The summed E-state index contributed by atoms with van der Waals surface area (Å²) in [5.74, 6) is 0.655. The molecule has 1 saturated heterocycles. The number of hydrogen-bond donors (Lipinski definition) is 3. The second-order valence-corrected chi connectivity index (χ2v) is 3.59. The number of carbonyl (C=O) groups is 1. The van der Waals surface area contributed by atoms with Gasteiger partial charge in [0.2, 0.25) is 0 Å². The first-order valence-electron chi connectivity index (χ1n) is 4.43. The molecule has 0 spiro atoms. The van der Waals surface area contributed by atoms with Crippen LogP contribution < -0.4 is 16.0 Å². The zero-order chi connectivity index (χ0) is 8.97. The first-order valence-corrected chi connectivity index (χ1v) is 4.43. The van der Waals surface area contributed by atoms with Gasteiger partial charge in [0.1, 0.15) is 0 Å². The van der Waals surface area contributed by atoms with Crippen LogP contribution in [0.4, 0.5) is 4.79 Å². The maximum Gasteiger partial charge on any atom is 0.314 e. The lowest BCUT2D eigenvalue weighted by atomic mass is 10.2. The van der Waals surface area contributed by atoms with Crippen LogP contribution in [0.15, 0.2) is 0 Å². The van der Waals surface area contributed by atoms with Crippen molar-refractivity contribution in [1.82, 2.24) is 16.0 Å². The van der Waals surface area contributed by atoms with Crippen LogP contribution in [0.2, 0.25) is 0 Å². The molecule has 0 aromatic heterocycles. The SMILES string of the molecule is CC(C)CNC1CNC(=O)NC1. The van der Waals surface area contributed by atoms with Crippen molar-refractivity contribution in [2.24, 2.45) is 5.92 Å². The van der Waals surface area contributed by atoms with E-state index in [2.05, 4.69) is 29.8 Å². The van der Waals surface area contributed by atoms with Gasteiger partial charge in [-0.1, -0.05) is 13.8 Å². The highest BCUT2D eigenvalue weighted by molar-refractivity contribution is 5.74. The molecule has 0 aromatic rings. The van der Waals surface area contributed by atoms with Crippen molar-refractivity contribution in [2.45, 2.75) is 19.9 Å². The first-order chi connectivity index (χ1) is 5.68. The van der Waals surface area contributed by atoms with Crippen LogP contribution in [0.25, 0.3) is 0 Å². The largest absolute Gasteiger partial charge is 0.337 e. The van der Waals surface area contributed by atoms with Crippen LogP contribution in [0.3, 0.4) is 0 Å². The number of rotatable bonds is 3. The van der Waals surface area contributed by atoms with Crippen LogP contribution in [0, 0.1) is 5.92 Å². The lowest BCUT2D eigenvalue weighted by Gasteiger charge is -2.25. The van der Waals surface area contributed by atoms with Gasteiger partial charge in [0, 0.05) is 19.1 Å². The molecule has 1 rings (SSSR count). The molecule has 12 heavy (non-hydrogen) atoms. The third-order valence-electron chi connectivity index (χ3n) is 1.83. The molecule has 0 saturated carbocycles. The summed E-state index contributed by atoms with van der Waals surface area (Å²) in [4.78, 5) is 10.7. The molecule has 1 fully saturated rings. The molecule has 4 heteroatoms. The zero-order valence-electron chi connectivity index (χ0n) is 7.68. The summed E-state index contributed by atoms with van der Waals surface area (Å²) in [5, 5.41) is 8.85. The van der Waals surface area contributed by atoms with E-state index in [0.29, 0.717) is 12.0 Å². The molecule has 3 N–H and O–H groups in total. The van der Waals surface area contributed by atoms with Crippen LogP contribution in [-0.2, 0) is 0 Å². The molecule has 0 bridgehead atoms. The minimum absolute atomic E-state index is 0.0578.